The van der Waals surface area contributed by atoms with Crippen LogP contribution >= 0.6 is 11.3 Å². The molecular formula is C16H22N4O2S. The molecule has 0 N–H and O–H groups in total. The number of fused-ring (bicyclic) bond motifs is 1. The fourth-order valence-corrected chi connectivity index (χ4v) is 5.29. The number of nitrogens with zero attached hydrogens (tertiary/aromatic N) is 4. The van der Waals surface area contributed by atoms with E-state index in [2.05, 4.69) is 29.0 Å². The molecule has 4 rings (SSSR count). The van der Waals surface area contributed by atoms with Crippen molar-refractivity contribution in [3.63, 3.8) is 0 Å². The maximum atomic E-state index is 11.9. The van der Waals surface area contributed by atoms with Crippen LogP contribution < -0.4 is 10.5 Å². The third-order valence-electron chi connectivity index (χ3n) is 5.57. The van der Waals surface area contributed by atoms with Crippen LogP contribution in [0.4, 0.5) is 5.13 Å². The molecule has 0 unspecified atom stereocenters. The van der Waals surface area contributed by atoms with Crippen molar-refractivity contribution in [3.8, 4) is 0 Å². The summed E-state index contributed by atoms with van der Waals surface area (Å²) in [5.74, 6) is 0. The van der Waals surface area contributed by atoms with Gasteiger partial charge in [0.15, 0.2) is 0 Å². The fourth-order valence-electron chi connectivity index (χ4n) is 4.40. The van der Waals surface area contributed by atoms with E-state index in [9.17, 15) is 4.79 Å². The van der Waals surface area contributed by atoms with Crippen LogP contribution in [0.15, 0.2) is 17.1 Å². The average Bonchev–Trinajstić information content (AvgIpc) is 3.19. The van der Waals surface area contributed by atoms with Crippen LogP contribution in [0.3, 0.4) is 0 Å². The van der Waals surface area contributed by atoms with Gasteiger partial charge in [-0.15, -0.1) is 5.10 Å². The Hall–Kier alpha value is -1.47. The van der Waals surface area contributed by atoms with Crippen LogP contribution in [0.25, 0.3) is 4.96 Å². The second-order valence-electron chi connectivity index (χ2n) is 6.61. The molecule has 0 aliphatic heterocycles. The Balaban J connectivity index is 1.64. The zero-order valence-electron chi connectivity index (χ0n) is 13.6. The van der Waals surface area contributed by atoms with Gasteiger partial charge in [-0.25, -0.2) is 4.98 Å². The molecule has 6 nitrogen and oxygen atoms in total. The number of hydrogen-bond acceptors (Lipinski definition) is 6. The molecule has 0 saturated heterocycles. The summed E-state index contributed by atoms with van der Waals surface area (Å²) < 4.78 is 7.40. The Bertz CT molecular complexity index is 765. The normalized spacial score (nSPS) is 25.8. The number of ether oxygens (including phenoxy) is 1. The zero-order chi connectivity index (χ0) is 16.0. The third-order valence-corrected chi connectivity index (χ3v) is 6.59. The van der Waals surface area contributed by atoms with Gasteiger partial charge in [-0.1, -0.05) is 24.2 Å². The lowest BCUT2D eigenvalue weighted by atomic mass is 9.60. The summed E-state index contributed by atoms with van der Waals surface area (Å²) in [7, 11) is 2.09. The lowest BCUT2D eigenvalue weighted by molar-refractivity contribution is -0.121. The van der Waals surface area contributed by atoms with E-state index in [0.29, 0.717) is 17.1 Å². The molecule has 2 atom stereocenters. The van der Waals surface area contributed by atoms with Gasteiger partial charge in [0.1, 0.15) is 0 Å². The van der Waals surface area contributed by atoms with Crippen molar-refractivity contribution in [2.75, 3.05) is 18.6 Å². The molecule has 1 spiro atoms. The van der Waals surface area contributed by atoms with Crippen molar-refractivity contribution in [1.82, 2.24) is 14.6 Å². The fraction of sp³-hybridized carbons (Fsp3) is 0.688. The van der Waals surface area contributed by atoms with Gasteiger partial charge < -0.3 is 9.64 Å². The first-order chi connectivity index (χ1) is 11.2. The largest absolute Gasteiger partial charge is 0.378 e. The summed E-state index contributed by atoms with van der Waals surface area (Å²) >= 11 is 1.48. The van der Waals surface area contributed by atoms with Gasteiger partial charge in [0.25, 0.3) is 5.56 Å². The summed E-state index contributed by atoms with van der Waals surface area (Å²) in [6.07, 6.45) is 8.00. The Labute approximate surface area is 139 Å². The predicted octanol–water partition coefficient (Wildman–Crippen LogP) is 2.33. The lowest BCUT2D eigenvalue weighted by Crippen LogP contribution is -2.63. The minimum absolute atomic E-state index is 0.123. The van der Waals surface area contributed by atoms with Crippen LogP contribution in [-0.2, 0) is 4.74 Å². The maximum absolute atomic E-state index is 11.9. The molecule has 2 fully saturated rings. The molecule has 2 saturated carbocycles. The van der Waals surface area contributed by atoms with E-state index in [-0.39, 0.29) is 11.0 Å². The predicted molar refractivity (Wildman–Crippen MR) is 90.3 cm³/mol. The third kappa shape index (κ3) is 2.21. The first kappa shape index (κ1) is 15.1. The molecule has 0 amide bonds. The van der Waals surface area contributed by atoms with Gasteiger partial charge in [0.05, 0.1) is 6.10 Å². The summed E-state index contributed by atoms with van der Waals surface area (Å²) in [5.41, 5.74) is 0.142. The molecule has 0 radical (unpaired) electrons. The average molecular weight is 334 g/mol. The van der Waals surface area contributed by atoms with E-state index < -0.39 is 0 Å². The topological polar surface area (TPSA) is 59.7 Å². The number of anilines is 1. The van der Waals surface area contributed by atoms with Crippen molar-refractivity contribution in [2.45, 2.75) is 51.2 Å². The molecular weight excluding hydrogens is 312 g/mol. The zero-order valence-corrected chi connectivity index (χ0v) is 14.4. The lowest BCUT2D eigenvalue weighted by Gasteiger charge is -2.56. The van der Waals surface area contributed by atoms with Crippen molar-refractivity contribution in [3.05, 3.63) is 22.6 Å². The Morgan fingerprint density at radius 3 is 2.96 bits per heavy atom. The molecule has 2 aliphatic rings. The highest BCUT2D eigenvalue weighted by Gasteiger charge is 2.58. The quantitative estimate of drug-likeness (QED) is 0.859. The molecule has 124 valence electrons. The van der Waals surface area contributed by atoms with E-state index in [1.807, 2.05) is 0 Å². The second-order valence-corrected chi connectivity index (χ2v) is 7.54. The molecule has 2 aromatic heterocycles. The van der Waals surface area contributed by atoms with Crippen molar-refractivity contribution < 1.29 is 4.74 Å². The number of hydrogen-bond donors (Lipinski definition) is 0. The minimum atomic E-state index is -0.123. The Morgan fingerprint density at radius 1 is 1.48 bits per heavy atom. The Kier molecular flexibility index (Phi) is 3.65. The number of aromatic nitrogens is 3. The van der Waals surface area contributed by atoms with E-state index in [1.165, 1.54) is 47.6 Å². The molecule has 0 bridgehead atoms. The van der Waals surface area contributed by atoms with Crippen LogP contribution in [-0.4, -0.2) is 40.4 Å². The first-order valence-corrected chi connectivity index (χ1v) is 9.16. The summed E-state index contributed by atoms with van der Waals surface area (Å²) in [6.45, 7) is 2.86. The van der Waals surface area contributed by atoms with E-state index in [1.54, 1.807) is 6.20 Å². The molecule has 23 heavy (non-hydrogen) atoms. The van der Waals surface area contributed by atoms with Gasteiger partial charge in [-0.05, 0) is 26.2 Å². The van der Waals surface area contributed by atoms with Gasteiger partial charge in [-0.2, -0.15) is 4.52 Å². The monoisotopic (exact) mass is 334 g/mol. The number of rotatable bonds is 4. The van der Waals surface area contributed by atoms with E-state index >= 15 is 0 Å². The molecule has 0 aromatic carbocycles. The maximum Gasteiger partial charge on any atom is 0.275 e. The van der Waals surface area contributed by atoms with Crippen molar-refractivity contribution in [2.24, 2.45) is 5.41 Å². The molecule has 2 heterocycles. The molecule has 7 heteroatoms. The van der Waals surface area contributed by atoms with Crippen LogP contribution in [0.1, 0.15) is 39.0 Å². The van der Waals surface area contributed by atoms with Gasteiger partial charge >= 0.3 is 0 Å². The van der Waals surface area contributed by atoms with Crippen LogP contribution in [0.2, 0.25) is 0 Å². The Morgan fingerprint density at radius 2 is 2.26 bits per heavy atom. The van der Waals surface area contributed by atoms with Crippen molar-refractivity contribution >= 4 is 21.4 Å². The highest BCUT2D eigenvalue weighted by molar-refractivity contribution is 7.20. The SMILES string of the molecule is CCO[C@@H]1C[C@H](N(C)c2nn3c(=O)ccnc3s2)C12CCCC2. The smallest absolute Gasteiger partial charge is 0.275 e. The molecule has 2 aromatic rings. The summed E-state index contributed by atoms with van der Waals surface area (Å²) in [4.78, 5) is 19.0. The molecule has 2 aliphatic carbocycles. The summed E-state index contributed by atoms with van der Waals surface area (Å²) in [5, 5.41) is 5.35. The van der Waals surface area contributed by atoms with Gasteiger partial charge in [-0.3, -0.25) is 4.79 Å². The first-order valence-electron chi connectivity index (χ1n) is 8.35. The minimum Gasteiger partial charge on any atom is -0.378 e. The van der Waals surface area contributed by atoms with Gasteiger partial charge in [0.2, 0.25) is 10.1 Å². The van der Waals surface area contributed by atoms with E-state index in [4.69, 9.17) is 4.74 Å². The van der Waals surface area contributed by atoms with Crippen LogP contribution in [0.5, 0.6) is 0 Å². The highest BCUT2D eigenvalue weighted by Crippen LogP contribution is 2.57. The highest BCUT2D eigenvalue weighted by atomic mass is 32.1. The van der Waals surface area contributed by atoms with Gasteiger partial charge in [0, 0.05) is 37.4 Å². The summed E-state index contributed by atoms with van der Waals surface area (Å²) in [6, 6.07) is 1.89. The standard InChI is InChI=1S/C16H22N4O2S/c1-3-22-12-10-11(16(12)7-4-5-8-16)19(2)15-18-20-13(21)6-9-17-14(20)23-15/h6,9,11-12H,3-5,7-8,10H2,1-2H3/t11-,12+/m0/s1. The second kappa shape index (κ2) is 5.56. The van der Waals surface area contributed by atoms with E-state index in [0.717, 1.165) is 18.2 Å². The van der Waals surface area contributed by atoms with Crippen LogP contribution in [0, 0.1) is 5.41 Å². The van der Waals surface area contributed by atoms with Crippen molar-refractivity contribution in [1.29, 1.82) is 0 Å².